The third kappa shape index (κ3) is 5.10. The van der Waals surface area contributed by atoms with E-state index in [-0.39, 0.29) is 0 Å². The van der Waals surface area contributed by atoms with E-state index in [4.69, 9.17) is 4.74 Å². The smallest absolute Gasteiger partial charge is 0.119 e. The second kappa shape index (κ2) is 9.14. The largest absolute Gasteiger partial charge is 0.492 e. The first-order valence-electron chi connectivity index (χ1n) is 8.35. The van der Waals surface area contributed by atoms with Crippen molar-refractivity contribution in [3.8, 4) is 5.75 Å². The van der Waals surface area contributed by atoms with E-state index in [2.05, 4.69) is 73.3 Å². The number of para-hydroxylation sites is 1. The van der Waals surface area contributed by atoms with Crippen LogP contribution in [0.15, 0.2) is 54.6 Å². The van der Waals surface area contributed by atoms with E-state index in [1.54, 1.807) is 0 Å². The van der Waals surface area contributed by atoms with Crippen LogP contribution in [-0.2, 0) is 6.42 Å². The molecule has 0 amide bonds. The highest BCUT2D eigenvalue weighted by Crippen LogP contribution is 2.15. The van der Waals surface area contributed by atoms with Crippen LogP contribution in [0.3, 0.4) is 0 Å². The highest BCUT2D eigenvalue weighted by molar-refractivity contribution is 5.45. The fourth-order valence-electron chi connectivity index (χ4n) is 2.45. The molecular formula is C20H27NO. The number of rotatable bonds is 9. The predicted molar refractivity (Wildman–Crippen MR) is 94.9 cm³/mol. The van der Waals surface area contributed by atoms with Crippen molar-refractivity contribution in [2.45, 2.75) is 33.1 Å². The first-order chi connectivity index (χ1) is 10.8. The Balaban J connectivity index is 1.87. The van der Waals surface area contributed by atoms with E-state index in [0.29, 0.717) is 6.61 Å². The second-order valence-electron chi connectivity index (χ2n) is 5.52. The van der Waals surface area contributed by atoms with E-state index in [1.165, 1.54) is 24.1 Å². The van der Waals surface area contributed by atoms with Crippen molar-refractivity contribution in [2.24, 2.45) is 0 Å². The van der Waals surface area contributed by atoms with E-state index >= 15 is 0 Å². The van der Waals surface area contributed by atoms with Gasteiger partial charge in [0.15, 0.2) is 0 Å². The lowest BCUT2D eigenvalue weighted by molar-refractivity contribution is 0.323. The molecule has 2 aromatic carbocycles. The van der Waals surface area contributed by atoms with Crippen LogP contribution >= 0.6 is 0 Å². The quantitative estimate of drug-likeness (QED) is 0.650. The molecule has 0 N–H and O–H groups in total. The molecule has 0 saturated heterocycles. The molecule has 2 aromatic rings. The van der Waals surface area contributed by atoms with Gasteiger partial charge in [0.1, 0.15) is 12.4 Å². The van der Waals surface area contributed by atoms with Gasteiger partial charge in [0.2, 0.25) is 0 Å². The van der Waals surface area contributed by atoms with Crippen LogP contribution in [0.2, 0.25) is 0 Å². The molecular weight excluding hydrogens is 270 g/mol. The average Bonchev–Trinajstić information content (AvgIpc) is 2.59. The van der Waals surface area contributed by atoms with E-state index < -0.39 is 0 Å². The van der Waals surface area contributed by atoms with Gasteiger partial charge in [-0.3, -0.25) is 0 Å². The minimum Gasteiger partial charge on any atom is -0.492 e. The number of aryl methyl sites for hydroxylation is 1. The lowest BCUT2D eigenvalue weighted by Crippen LogP contribution is -2.29. The van der Waals surface area contributed by atoms with E-state index in [1.807, 2.05) is 0 Å². The van der Waals surface area contributed by atoms with E-state index in [0.717, 1.165) is 25.3 Å². The zero-order valence-corrected chi connectivity index (χ0v) is 13.8. The molecule has 2 nitrogen and oxygen atoms in total. The average molecular weight is 297 g/mol. The first kappa shape index (κ1) is 16.4. The van der Waals surface area contributed by atoms with Crippen molar-refractivity contribution in [3.05, 3.63) is 60.2 Å². The van der Waals surface area contributed by atoms with Gasteiger partial charge in [-0.15, -0.1) is 0 Å². The summed E-state index contributed by atoms with van der Waals surface area (Å²) in [6.07, 6.45) is 3.49. The van der Waals surface area contributed by atoms with Crippen molar-refractivity contribution in [2.75, 3.05) is 24.6 Å². The van der Waals surface area contributed by atoms with E-state index in [9.17, 15) is 0 Å². The molecule has 0 aliphatic rings. The number of ether oxygens (including phenoxy) is 1. The van der Waals surface area contributed by atoms with Gasteiger partial charge in [-0.05, 0) is 42.7 Å². The Hall–Kier alpha value is -1.96. The molecule has 118 valence electrons. The normalized spacial score (nSPS) is 10.5. The molecule has 0 aliphatic carbocycles. The fourth-order valence-corrected chi connectivity index (χ4v) is 2.45. The number of hydrogen-bond acceptors (Lipinski definition) is 2. The number of nitrogens with zero attached hydrogens (tertiary/aromatic N) is 1. The lowest BCUT2D eigenvalue weighted by Gasteiger charge is -2.24. The van der Waals surface area contributed by atoms with Crippen LogP contribution in [0.4, 0.5) is 5.69 Å². The summed E-state index contributed by atoms with van der Waals surface area (Å²) in [6, 6.07) is 19.0. The number of anilines is 1. The maximum atomic E-state index is 5.90. The minimum atomic E-state index is 0.712. The summed E-state index contributed by atoms with van der Waals surface area (Å²) in [7, 11) is 0. The second-order valence-corrected chi connectivity index (χ2v) is 5.52. The summed E-state index contributed by atoms with van der Waals surface area (Å²) >= 11 is 0. The Morgan fingerprint density at radius 2 is 1.59 bits per heavy atom. The highest BCUT2D eigenvalue weighted by Gasteiger charge is 2.05. The molecule has 0 radical (unpaired) electrons. The van der Waals surface area contributed by atoms with Crippen molar-refractivity contribution >= 4 is 5.69 Å². The standard InChI is InChI=1S/C20H27NO/c1-3-5-15-21(19-9-7-6-8-10-19)16-17-22-20-13-11-18(4-2)12-14-20/h6-14H,3-5,15-17H2,1-2H3. The summed E-state index contributed by atoms with van der Waals surface area (Å²) in [5.74, 6) is 0.959. The Kier molecular flexibility index (Phi) is 6.82. The number of hydrogen-bond donors (Lipinski definition) is 0. The molecule has 0 fully saturated rings. The van der Waals surface area contributed by atoms with Crippen molar-refractivity contribution in [1.29, 1.82) is 0 Å². The molecule has 0 saturated carbocycles. The Morgan fingerprint density at radius 3 is 2.23 bits per heavy atom. The molecule has 2 heteroatoms. The number of unbranched alkanes of at least 4 members (excludes halogenated alkanes) is 1. The maximum Gasteiger partial charge on any atom is 0.119 e. The lowest BCUT2D eigenvalue weighted by atomic mass is 10.2. The number of benzene rings is 2. The van der Waals surface area contributed by atoms with Crippen molar-refractivity contribution < 1.29 is 4.74 Å². The van der Waals surface area contributed by atoms with Gasteiger partial charge < -0.3 is 9.64 Å². The van der Waals surface area contributed by atoms with Crippen molar-refractivity contribution in [1.82, 2.24) is 0 Å². The van der Waals surface area contributed by atoms with Gasteiger partial charge >= 0.3 is 0 Å². The maximum absolute atomic E-state index is 5.90. The van der Waals surface area contributed by atoms with Crippen LogP contribution in [0.5, 0.6) is 5.75 Å². The van der Waals surface area contributed by atoms with Gasteiger partial charge in [-0.1, -0.05) is 50.6 Å². The Morgan fingerprint density at radius 1 is 0.864 bits per heavy atom. The molecule has 0 aliphatic heterocycles. The van der Waals surface area contributed by atoms with Gasteiger partial charge in [-0.2, -0.15) is 0 Å². The molecule has 2 rings (SSSR count). The zero-order chi connectivity index (χ0) is 15.6. The zero-order valence-electron chi connectivity index (χ0n) is 13.8. The Bertz CT molecular complexity index is 521. The first-order valence-corrected chi connectivity index (χ1v) is 8.35. The summed E-state index contributed by atoms with van der Waals surface area (Å²) in [5.41, 5.74) is 2.63. The summed E-state index contributed by atoms with van der Waals surface area (Å²) in [5, 5.41) is 0. The summed E-state index contributed by atoms with van der Waals surface area (Å²) in [6.45, 7) is 7.11. The monoisotopic (exact) mass is 297 g/mol. The third-order valence-electron chi connectivity index (χ3n) is 3.86. The van der Waals surface area contributed by atoms with Gasteiger partial charge in [0, 0.05) is 12.2 Å². The minimum absolute atomic E-state index is 0.712. The summed E-state index contributed by atoms with van der Waals surface area (Å²) in [4.78, 5) is 2.41. The van der Waals surface area contributed by atoms with Crippen molar-refractivity contribution in [3.63, 3.8) is 0 Å². The highest BCUT2D eigenvalue weighted by atomic mass is 16.5. The molecule has 0 atom stereocenters. The van der Waals surface area contributed by atoms with Gasteiger partial charge in [0.05, 0.1) is 6.54 Å². The molecule has 0 heterocycles. The fraction of sp³-hybridized carbons (Fsp3) is 0.400. The van der Waals surface area contributed by atoms with Crippen LogP contribution in [0.1, 0.15) is 32.3 Å². The molecule has 0 aromatic heterocycles. The Labute approximate surface area is 134 Å². The predicted octanol–water partition coefficient (Wildman–Crippen LogP) is 4.93. The SMILES string of the molecule is CCCCN(CCOc1ccc(CC)cc1)c1ccccc1. The van der Waals surface area contributed by atoms with Crippen LogP contribution in [0, 0.1) is 0 Å². The third-order valence-corrected chi connectivity index (χ3v) is 3.86. The molecule has 0 unspecified atom stereocenters. The van der Waals surface area contributed by atoms with Gasteiger partial charge in [0.25, 0.3) is 0 Å². The van der Waals surface area contributed by atoms with Crippen LogP contribution < -0.4 is 9.64 Å². The molecule has 22 heavy (non-hydrogen) atoms. The van der Waals surface area contributed by atoms with Gasteiger partial charge in [-0.25, -0.2) is 0 Å². The van der Waals surface area contributed by atoms with Crippen LogP contribution in [0.25, 0.3) is 0 Å². The molecule has 0 spiro atoms. The van der Waals surface area contributed by atoms with Crippen LogP contribution in [-0.4, -0.2) is 19.7 Å². The summed E-state index contributed by atoms with van der Waals surface area (Å²) < 4.78 is 5.90. The topological polar surface area (TPSA) is 12.5 Å². The molecule has 0 bridgehead atoms.